The number of carbonyl (C=O) groups excluding carboxylic acids is 3. The lowest BCUT2D eigenvalue weighted by atomic mass is 9.91. The molecule has 0 radical (unpaired) electrons. The second kappa shape index (κ2) is 9.38. The summed E-state index contributed by atoms with van der Waals surface area (Å²) in [5.41, 5.74) is 0.0384. The van der Waals surface area contributed by atoms with Crippen molar-refractivity contribution < 1.29 is 24.0 Å². The highest BCUT2D eigenvalue weighted by Gasteiger charge is 2.38. The standard InChI is InChI=1S/C25H31N5O6/c1-25(2,3)36-24(33)28-12-10-27(11-13-28)21-16-7-6-8-17-20(16)18(15-19(21)30(34)35)23(32)29(22(17)31)14-9-26(4)5/h6-8,15H,9-14H2,1-5H3. The van der Waals surface area contributed by atoms with E-state index in [4.69, 9.17) is 4.74 Å². The molecule has 11 heteroatoms. The van der Waals surface area contributed by atoms with E-state index in [0.29, 0.717) is 54.7 Å². The molecule has 0 saturated carbocycles. The first-order valence-corrected chi connectivity index (χ1v) is 11.9. The molecule has 1 saturated heterocycles. The molecule has 0 unspecified atom stereocenters. The second-order valence-electron chi connectivity index (χ2n) is 10.3. The molecule has 11 nitrogen and oxygen atoms in total. The van der Waals surface area contributed by atoms with Crippen molar-refractivity contribution in [3.05, 3.63) is 45.5 Å². The summed E-state index contributed by atoms with van der Waals surface area (Å²) in [5.74, 6) is -0.940. The molecule has 0 atom stereocenters. The lowest BCUT2D eigenvalue weighted by Gasteiger charge is -2.37. The van der Waals surface area contributed by atoms with Crippen LogP contribution in [-0.2, 0) is 4.74 Å². The molecule has 3 amide bonds. The molecule has 192 valence electrons. The highest BCUT2D eigenvalue weighted by Crippen LogP contribution is 2.42. The zero-order valence-electron chi connectivity index (χ0n) is 21.2. The van der Waals surface area contributed by atoms with Crippen LogP contribution in [-0.4, -0.2) is 96.5 Å². The Balaban J connectivity index is 1.73. The summed E-state index contributed by atoms with van der Waals surface area (Å²) in [5, 5.41) is 13.1. The molecule has 0 spiro atoms. The Labute approximate surface area is 209 Å². The normalized spacial score (nSPS) is 16.2. The summed E-state index contributed by atoms with van der Waals surface area (Å²) in [6.07, 6.45) is -0.428. The lowest BCUT2D eigenvalue weighted by molar-refractivity contribution is -0.384. The van der Waals surface area contributed by atoms with Crippen LogP contribution in [0.4, 0.5) is 16.2 Å². The van der Waals surface area contributed by atoms with Crippen LogP contribution in [0.2, 0.25) is 0 Å². The van der Waals surface area contributed by atoms with Gasteiger partial charge in [0.25, 0.3) is 17.5 Å². The lowest BCUT2D eigenvalue weighted by Crippen LogP contribution is -2.50. The zero-order valence-corrected chi connectivity index (χ0v) is 21.2. The minimum atomic E-state index is -0.622. The molecule has 2 heterocycles. The third-order valence-electron chi connectivity index (χ3n) is 6.28. The highest BCUT2D eigenvalue weighted by molar-refractivity contribution is 6.27. The second-order valence-corrected chi connectivity index (χ2v) is 10.3. The van der Waals surface area contributed by atoms with Crippen LogP contribution < -0.4 is 4.90 Å². The Kier molecular flexibility index (Phi) is 6.61. The van der Waals surface area contributed by atoms with Gasteiger partial charge in [-0.05, 0) is 40.9 Å². The van der Waals surface area contributed by atoms with E-state index in [1.54, 1.807) is 43.9 Å². The number of likely N-dealkylation sites (N-methyl/N-ethyl adjacent to an activating group) is 1. The van der Waals surface area contributed by atoms with E-state index in [-0.39, 0.29) is 17.8 Å². The number of carbonyl (C=O) groups is 3. The number of amides is 3. The quantitative estimate of drug-likeness (QED) is 0.352. The van der Waals surface area contributed by atoms with Crippen molar-refractivity contribution in [1.82, 2.24) is 14.7 Å². The molecule has 0 N–H and O–H groups in total. The van der Waals surface area contributed by atoms with Gasteiger partial charge in [0.05, 0.1) is 10.5 Å². The third kappa shape index (κ3) is 4.70. The summed E-state index contributed by atoms with van der Waals surface area (Å²) < 4.78 is 5.45. The van der Waals surface area contributed by atoms with Crippen LogP contribution in [0.5, 0.6) is 0 Å². The summed E-state index contributed by atoms with van der Waals surface area (Å²) in [4.78, 5) is 57.1. The molecule has 2 aromatic carbocycles. The summed E-state index contributed by atoms with van der Waals surface area (Å²) in [6, 6.07) is 6.34. The van der Waals surface area contributed by atoms with Gasteiger partial charge in [0.15, 0.2) is 0 Å². The Morgan fingerprint density at radius 1 is 1.08 bits per heavy atom. The third-order valence-corrected chi connectivity index (χ3v) is 6.28. The van der Waals surface area contributed by atoms with Crippen LogP contribution in [0.1, 0.15) is 41.5 Å². The van der Waals surface area contributed by atoms with Gasteiger partial charge in [-0.25, -0.2) is 4.79 Å². The Hall–Kier alpha value is -3.73. The van der Waals surface area contributed by atoms with Gasteiger partial charge in [-0.2, -0.15) is 0 Å². The molecule has 2 aliphatic heterocycles. The maximum Gasteiger partial charge on any atom is 0.410 e. The zero-order chi connectivity index (χ0) is 26.4. The van der Waals surface area contributed by atoms with Crippen LogP contribution in [0.15, 0.2) is 24.3 Å². The van der Waals surface area contributed by atoms with Gasteiger partial charge < -0.3 is 19.4 Å². The monoisotopic (exact) mass is 497 g/mol. The number of hydrogen-bond donors (Lipinski definition) is 0. The van der Waals surface area contributed by atoms with E-state index in [1.807, 2.05) is 23.9 Å². The van der Waals surface area contributed by atoms with E-state index in [1.165, 1.54) is 6.07 Å². The van der Waals surface area contributed by atoms with E-state index in [9.17, 15) is 24.5 Å². The first-order valence-electron chi connectivity index (χ1n) is 11.9. The average Bonchev–Trinajstić information content (AvgIpc) is 2.80. The number of rotatable bonds is 5. The fourth-order valence-corrected chi connectivity index (χ4v) is 4.60. The Morgan fingerprint density at radius 3 is 2.31 bits per heavy atom. The number of anilines is 1. The molecular formula is C25H31N5O6. The molecule has 0 bridgehead atoms. The fraction of sp³-hybridized carbons (Fsp3) is 0.480. The number of nitro benzene ring substituents is 1. The van der Waals surface area contributed by atoms with Gasteiger partial charge in [-0.1, -0.05) is 12.1 Å². The fourth-order valence-electron chi connectivity index (χ4n) is 4.60. The first-order chi connectivity index (χ1) is 16.9. The number of ether oxygens (including phenoxy) is 1. The number of hydrogen-bond acceptors (Lipinski definition) is 8. The molecule has 0 aliphatic carbocycles. The minimum absolute atomic E-state index is 0.154. The maximum atomic E-state index is 13.3. The predicted molar refractivity (Wildman–Crippen MR) is 135 cm³/mol. The number of benzene rings is 2. The molecule has 1 fully saturated rings. The Morgan fingerprint density at radius 2 is 1.72 bits per heavy atom. The number of imide groups is 1. The topological polar surface area (TPSA) is 117 Å². The maximum absolute atomic E-state index is 13.3. The molecular weight excluding hydrogens is 466 g/mol. The highest BCUT2D eigenvalue weighted by atomic mass is 16.6. The van der Waals surface area contributed by atoms with Gasteiger partial charge in [0.1, 0.15) is 11.3 Å². The number of nitrogens with zero attached hydrogens (tertiary/aromatic N) is 5. The van der Waals surface area contributed by atoms with Crippen LogP contribution >= 0.6 is 0 Å². The van der Waals surface area contributed by atoms with E-state index < -0.39 is 28.4 Å². The van der Waals surface area contributed by atoms with Gasteiger partial charge in [0, 0.05) is 61.7 Å². The molecule has 0 aromatic heterocycles. The van der Waals surface area contributed by atoms with Crippen molar-refractivity contribution in [2.24, 2.45) is 0 Å². The Bertz CT molecular complexity index is 1240. The molecule has 4 rings (SSSR count). The van der Waals surface area contributed by atoms with Crippen LogP contribution in [0, 0.1) is 10.1 Å². The van der Waals surface area contributed by atoms with E-state index in [0.717, 1.165) is 4.90 Å². The number of piperazine rings is 1. The molecule has 36 heavy (non-hydrogen) atoms. The minimum Gasteiger partial charge on any atom is -0.444 e. The van der Waals surface area contributed by atoms with E-state index in [2.05, 4.69) is 0 Å². The smallest absolute Gasteiger partial charge is 0.410 e. The molecule has 2 aliphatic rings. The van der Waals surface area contributed by atoms with E-state index >= 15 is 0 Å². The van der Waals surface area contributed by atoms with Gasteiger partial charge in [-0.3, -0.25) is 24.6 Å². The van der Waals surface area contributed by atoms with Gasteiger partial charge >= 0.3 is 6.09 Å². The SMILES string of the molecule is CN(C)CCN1C(=O)c2cccc3c(N4CCN(C(=O)OC(C)(C)C)CC4)c([N+](=O)[O-])cc(c23)C1=O. The average molecular weight is 498 g/mol. The first kappa shape index (κ1) is 25.4. The van der Waals surface area contributed by atoms with Crippen LogP contribution in [0.3, 0.4) is 0 Å². The van der Waals surface area contributed by atoms with Crippen LogP contribution in [0.25, 0.3) is 10.8 Å². The summed E-state index contributed by atoms with van der Waals surface area (Å²) in [6.45, 7) is 7.38. The predicted octanol–water partition coefficient (Wildman–Crippen LogP) is 2.96. The van der Waals surface area contributed by atoms with Crippen molar-refractivity contribution in [2.75, 3.05) is 58.3 Å². The van der Waals surface area contributed by atoms with Crippen molar-refractivity contribution in [3.8, 4) is 0 Å². The summed E-state index contributed by atoms with van der Waals surface area (Å²) in [7, 11) is 3.68. The van der Waals surface area contributed by atoms with Crippen molar-refractivity contribution >= 4 is 40.1 Å². The van der Waals surface area contributed by atoms with Crippen molar-refractivity contribution in [3.63, 3.8) is 0 Å². The largest absolute Gasteiger partial charge is 0.444 e. The number of nitro groups is 1. The van der Waals surface area contributed by atoms with Gasteiger partial charge in [0.2, 0.25) is 0 Å². The molecule has 2 aromatic rings. The summed E-state index contributed by atoms with van der Waals surface area (Å²) >= 11 is 0. The van der Waals surface area contributed by atoms with Crippen molar-refractivity contribution in [2.45, 2.75) is 26.4 Å². The van der Waals surface area contributed by atoms with Gasteiger partial charge in [-0.15, -0.1) is 0 Å². The van der Waals surface area contributed by atoms with Crippen molar-refractivity contribution in [1.29, 1.82) is 0 Å².